The second-order valence-electron chi connectivity index (χ2n) is 4.88. The smallest absolute Gasteiger partial charge is 0.338 e. The van der Waals surface area contributed by atoms with Crippen molar-refractivity contribution in [2.45, 2.75) is 19.9 Å². The third-order valence-corrected chi connectivity index (χ3v) is 3.11. The van der Waals surface area contributed by atoms with E-state index in [-0.39, 0.29) is 5.97 Å². The first-order valence-electron chi connectivity index (χ1n) is 7.23. The van der Waals surface area contributed by atoms with Crippen LogP contribution in [-0.4, -0.2) is 12.6 Å². The maximum absolute atomic E-state index is 11.7. The second kappa shape index (κ2) is 7.84. The van der Waals surface area contributed by atoms with E-state index in [1.54, 1.807) is 18.2 Å². The lowest BCUT2D eigenvalue weighted by atomic mass is 10.1. The fourth-order valence-corrected chi connectivity index (χ4v) is 1.96. The van der Waals surface area contributed by atoms with E-state index in [9.17, 15) is 4.79 Å². The number of nitriles is 1. The van der Waals surface area contributed by atoms with Crippen LogP contribution in [0.25, 0.3) is 0 Å². The quantitative estimate of drug-likeness (QED) is 0.824. The maximum Gasteiger partial charge on any atom is 0.338 e. The van der Waals surface area contributed by atoms with Crippen LogP contribution in [0.3, 0.4) is 0 Å². The molecule has 0 bridgehead atoms. The number of hydrogen-bond acceptors (Lipinski definition) is 4. The summed E-state index contributed by atoms with van der Waals surface area (Å²) < 4.78 is 5.08. The molecule has 0 heterocycles. The van der Waals surface area contributed by atoms with Gasteiger partial charge in [-0.1, -0.05) is 19.1 Å². The minimum atomic E-state index is -0.296. The average Bonchev–Trinajstić information content (AvgIpc) is 2.58. The fraction of sp³-hybridized carbons (Fsp3) is 0.222. The van der Waals surface area contributed by atoms with Crippen molar-refractivity contribution in [3.05, 3.63) is 65.2 Å². The third kappa shape index (κ3) is 4.35. The van der Waals surface area contributed by atoms with Crippen LogP contribution in [0.1, 0.15) is 34.8 Å². The van der Waals surface area contributed by atoms with E-state index in [4.69, 9.17) is 10.00 Å². The summed E-state index contributed by atoms with van der Waals surface area (Å²) >= 11 is 0. The topological polar surface area (TPSA) is 62.1 Å². The lowest BCUT2D eigenvalue weighted by Gasteiger charge is -2.08. The number of nitrogens with zero attached hydrogens (tertiary/aromatic N) is 1. The van der Waals surface area contributed by atoms with Gasteiger partial charge in [0.05, 0.1) is 23.8 Å². The van der Waals surface area contributed by atoms with Gasteiger partial charge in [0.25, 0.3) is 0 Å². The van der Waals surface area contributed by atoms with Crippen molar-refractivity contribution in [3.8, 4) is 6.07 Å². The zero-order chi connectivity index (χ0) is 15.8. The van der Waals surface area contributed by atoms with Gasteiger partial charge in [-0.25, -0.2) is 4.79 Å². The standard InChI is InChI=1S/C18H18N2O2/c1-2-10-22-18(21)16-6-8-17(9-7-16)20-13-15-5-3-4-14(11-15)12-19/h3-9,11,20H,2,10,13H2,1H3. The number of carbonyl (C=O) groups is 1. The van der Waals surface area contributed by atoms with E-state index in [2.05, 4.69) is 11.4 Å². The maximum atomic E-state index is 11.7. The monoisotopic (exact) mass is 294 g/mol. The van der Waals surface area contributed by atoms with Crippen molar-refractivity contribution in [3.63, 3.8) is 0 Å². The number of anilines is 1. The van der Waals surface area contributed by atoms with Crippen molar-refractivity contribution in [1.29, 1.82) is 5.26 Å². The molecule has 0 aliphatic heterocycles. The number of hydrogen-bond donors (Lipinski definition) is 1. The molecule has 2 rings (SSSR count). The molecule has 2 aromatic carbocycles. The zero-order valence-electron chi connectivity index (χ0n) is 12.5. The number of esters is 1. The van der Waals surface area contributed by atoms with Gasteiger partial charge in [0.1, 0.15) is 0 Å². The van der Waals surface area contributed by atoms with E-state index in [0.29, 0.717) is 24.3 Å². The van der Waals surface area contributed by atoms with Crippen LogP contribution in [0.15, 0.2) is 48.5 Å². The number of carbonyl (C=O) groups excluding carboxylic acids is 1. The molecule has 1 N–H and O–H groups in total. The Labute approximate surface area is 130 Å². The molecule has 112 valence electrons. The Morgan fingerprint density at radius 2 is 2.00 bits per heavy atom. The van der Waals surface area contributed by atoms with Crippen molar-refractivity contribution < 1.29 is 9.53 Å². The number of ether oxygens (including phenoxy) is 1. The summed E-state index contributed by atoms with van der Waals surface area (Å²) in [5.74, 6) is -0.296. The molecule has 0 atom stereocenters. The summed E-state index contributed by atoms with van der Waals surface area (Å²) in [6.07, 6.45) is 0.813. The molecule has 0 unspecified atom stereocenters. The van der Waals surface area contributed by atoms with Crippen LogP contribution < -0.4 is 5.32 Å². The van der Waals surface area contributed by atoms with E-state index in [0.717, 1.165) is 17.7 Å². The fourth-order valence-electron chi connectivity index (χ4n) is 1.96. The minimum Gasteiger partial charge on any atom is -0.462 e. The highest BCUT2D eigenvalue weighted by molar-refractivity contribution is 5.89. The van der Waals surface area contributed by atoms with Crippen LogP contribution in [0, 0.1) is 11.3 Å². The largest absolute Gasteiger partial charge is 0.462 e. The van der Waals surface area contributed by atoms with Crippen LogP contribution in [0.4, 0.5) is 5.69 Å². The lowest BCUT2D eigenvalue weighted by Crippen LogP contribution is -2.06. The van der Waals surface area contributed by atoms with Crippen LogP contribution in [0.2, 0.25) is 0 Å². The van der Waals surface area contributed by atoms with E-state index in [1.165, 1.54) is 0 Å². The Bertz CT molecular complexity index is 672. The van der Waals surface area contributed by atoms with Crippen LogP contribution in [0.5, 0.6) is 0 Å². The van der Waals surface area contributed by atoms with Crippen LogP contribution >= 0.6 is 0 Å². The average molecular weight is 294 g/mol. The molecular formula is C18H18N2O2. The summed E-state index contributed by atoms with van der Waals surface area (Å²) in [5.41, 5.74) is 3.14. The van der Waals surface area contributed by atoms with Gasteiger partial charge in [-0.3, -0.25) is 0 Å². The molecule has 0 amide bonds. The molecule has 4 nitrogen and oxygen atoms in total. The van der Waals surface area contributed by atoms with Gasteiger partial charge in [-0.15, -0.1) is 0 Å². The molecule has 0 radical (unpaired) electrons. The first-order chi connectivity index (χ1) is 10.7. The zero-order valence-corrected chi connectivity index (χ0v) is 12.5. The molecule has 22 heavy (non-hydrogen) atoms. The molecule has 0 aliphatic rings. The normalized spacial score (nSPS) is 9.82. The van der Waals surface area contributed by atoms with Crippen molar-refractivity contribution in [1.82, 2.24) is 0 Å². The van der Waals surface area contributed by atoms with Crippen molar-refractivity contribution >= 4 is 11.7 Å². The Hall–Kier alpha value is -2.80. The Balaban J connectivity index is 1.94. The highest BCUT2D eigenvalue weighted by Gasteiger charge is 2.06. The Morgan fingerprint density at radius 3 is 2.68 bits per heavy atom. The van der Waals surface area contributed by atoms with Gasteiger partial charge in [0, 0.05) is 12.2 Å². The predicted molar refractivity (Wildman–Crippen MR) is 85.5 cm³/mol. The highest BCUT2D eigenvalue weighted by Crippen LogP contribution is 2.13. The SMILES string of the molecule is CCCOC(=O)c1ccc(NCc2cccc(C#N)c2)cc1. The van der Waals surface area contributed by atoms with Gasteiger partial charge >= 0.3 is 5.97 Å². The summed E-state index contributed by atoms with van der Waals surface area (Å²) in [4.78, 5) is 11.7. The van der Waals surface area contributed by atoms with Crippen LogP contribution in [-0.2, 0) is 11.3 Å². The predicted octanol–water partition coefficient (Wildman–Crippen LogP) is 3.74. The minimum absolute atomic E-state index is 0.296. The highest BCUT2D eigenvalue weighted by atomic mass is 16.5. The summed E-state index contributed by atoms with van der Waals surface area (Å²) in [5, 5.41) is 12.1. The summed E-state index contributed by atoms with van der Waals surface area (Å²) in [7, 11) is 0. The first-order valence-corrected chi connectivity index (χ1v) is 7.23. The summed E-state index contributed by atoms with van der Waals surface area (Å²) in [6, 6.07) is 16.7. The third-order valence-electron chi connectivity index (χ3n) is 3.11. The van der Waals surface area contributed by atoms with E-state index < -0.39 is 0 Å². The Kier molecular flexibility index (Phi) is 5.56. The summed E-state index contributed by atoms with van der Waals surface area (Å²) in [6.45, 7) is 3.02. The van der Waals surface area contributed by atoms with Gasteiger partial charge in [-0.05, 0) is 48.4 Å². The van der Waals surface area contributed by atoms with E-state index >= 15 is 0 Å². The Morgan fingerprint density at radius 1 is 1.23 bits per heavy atom. The van der Waals surface area contributed by atoms with Gasteiger partial charge in [0.15, 0.2) is 0 Å². The van der Waals surface area contributed by atoms with Gasteiger partial charge in [-0.2, -0.15) is 5.26 Å². The molecule has 0 aromatic heterocycles. The molecule has 0 spiro atoms. The van der Waals surface area contributed by atoms with Crippen molar-refractivity contribution in [2.75, 3.05) is 11.9 Å². The molecular weight excluding hydrogens is 276 g/mol. The van der Waals surface area contributed by atoms with E-state index in [1.807, 2.05) is 37.3 Å². The van der Waals surface area contributed by atoms with Gasteiger partial charge in [0.2, 0.25) is 0 Å². The van der Waals surface area contributed by atoms with Gasteiger partial charge < -0.3 is 10.1 Å². The lowest BCUT2D eigenvalue weighted by molar-refractivity contribution is 0.0505. The number of rotatable bonds is 6. The number of nitrogens with one attached hydrogen (secondary N) is 1. The molecule has 0 fully saturated rings. The molecule has 4 heteroatoms. The number of benzene rings is 2. The van der Waals surface area contributed by atoms with Crippen molar-refractivity contribution in [2.24, 2.45) is 0 Å². The first kappa shape index (κ1) is 15.6. The molecule has 0 aliphatic carbocycles. The molecule has 2 aromatic rings. The second-order valence-corrected chi connectivity index (χ2v) is 4.88. The molecule has 0 saturated carbocycles. The molecule has 0 saturated heterocycles.